The maximum absolute atomic E-state index is 12.1. The largest absolute Gasteiger partial charge is 0.454 e. The minimum absolute atomic E-state index is 0.158. The van der Waals surface area contributed by atoms with Crippen LogP contribution in [0.25, 0.3) is 0 Å². The van der Waals surface area contributed by atoms with Crippen molar-refractivity contribution in [1.29, 1.82) is 0 Å². The molecule has 1 aliphatic rings. The van der Waals surface area contributed by atoms with E-state index in [-0.39, 0.29) is 12.1 Å². The van der Waals surface area contributed by atoms with Crippen molar-refractivity contribution in [1.82, 2.24) is 0 Å². The quantitative estimate of drug-likeness (QED) is 0.585. The van der Waals surface area contributed by atoms with E-state index in [1.54, 1.807) is 18.2 Å². The van der Waals surface area contributed by atoms with Crippen LogP contribution in [0.5, 0.6) is 0 Å². The third-order valence-corrected chi connectivity index (χ3v) is 4.51. The standard InChI is InChI=1S/C16H19BrO2/c1-3-11-7-10-14(11)15(4-2)19-16(18)12-5-8-13(17)9-6-12/h4-6,8-9,11,14-15H,2-3,7,10H2,1H3/t11-,14-,15+/m1/s1. The second-order valence-electron chi connectivity index (χ2n) is 5.02. The molecule has 3 atom stereocenters. The molecule has 1 fully saturated rings. The fourth-order valence-corrected chi connectivity index (χ4v) is 2.89. The summed E-state index contributed by atoms with van der Waals surface area (Å²) in [7, 11) is 0. The Kier molecular flexibility index (Phi) is 4.81. The summed E-state index contributed by atoms with van der Waals surface area (Å²) >= 11 is 3.35. The molecule has 0 radical (unpaired) electrons. The molecule has 0 aliphatic heterocycles. The smallest absolute Gasteiger partial charge is 0.338 e. The van der Waals surface area contributed by atoms with E-state index in [1.165, 1.54) is 6.42 Å². The van der Waals surface area contributed by atoms with Crippen molar-refractivity contribution in [2.45, 2.75) is 32.3 Å². The lowest BCUT2D eigenvalue weighted by Gasteiger charge is -2.39. The van der Waals surface area contributed by atoms with E-state index in [2.05, 4.69) is 29.4 Å². The van der Waals surface area contributed by atoms with Gasteiger partial charge in [-0.3, -0.25) is 0 Å². The van der Waals surface area contributed by atoms with E-state index in [0.717, 1.165) is 17.3 Å². The van der Waals surface area contributed by atoms with E-state index in [1.807, 2.05) is 12.1 Å². The second kappa shape index (κ2) is 6.38. The molecule has 0 unspecified atom stereocenters. The Morgan fingerprint density at radius 1 is 1.47 bits per heavy atom. The van der Waals surface area contributed by atoms with Crippen LogP contribution in [0.4, 0.5) is 0 Å². The van der Waals surface area contributed by atoms with Crippen molar-refractivity contribution < 1.29 is 9.53 Å². The molecule has 0 aromatic heterocycles. The van der Waals surface area contributed by atoms with Gasteiger partial charge in [-0.2, -0.15) is 0 Å². The first kappa shape index (κ1) is 14.3. The molecule has 3 heteroatoms. The summed E-state index contributed by atoms with van der Waals surface area (Å²) in [6.07, 6.45) is 5.12. The van der Waals surface area contributed by atoms with Crippen molar-refractivity contribution in [2.24, 2.45) is 11.8 Å². The molecule has 0 heterocycles. The van der Waals surface area contributed by atoms with Gasteiger partial charge < -0.3 is 4.74 Å². The highest BCUT2D eigenvalue weighted by molar-refractivity contribution is 9.10. The molecule has 1 saturated carbocycles. The van der Waals surface area contributed by atoms with Crippen LogP contribution < -0.4 is 0 Å². The first-order valence-corrected chi connectivity index (χ1v) is 7.54. The third kappa shape index (κ3) is 3.27. The maximum atomic E-state index is 12.1. The molecule has 19 heavy (non-hydrogen) atoms. The minimum atomic E-state index is -0.265. The van der Waals surface area contributed by atoms with Crippen molar-refractivity contribution >= 4 is 21.9 Å². The molecule has 102 valence electrons. The number of hydrogen-bond donors (Lipinski definition) is 0. The van der Waals surface area contributed by atoms with Crippen LogP contribution in [-0.2, 0) is 4.74 Å². The van der Waals surface area contributed by atoms with Gasteiger partial charge in [-0.15, -0.1) is 0 Å². The van der Waals surface area contributed by atoms with Gasteiger partial charge in [0.05, 0.1) is 5.56 Å². The third-order valence-electron chi connectivity index (χ3n) is 3.98. The van der Waals surface area contributed by atoms with Crippen molar-refractivity contribution in [3.05, 3.63) is 47.0 Å². The molecule has 1 aliphatic carbocycles. The highest BCUT2D eigenvalue weighted by Crippen LogP contribution is 2.40. The van der Waals surface area contributed by atoms with Crippen LogP contribution in [0.3, 0.4) is 0 Å². The Morgan fingerprint density at radius 2 is 2.16 bits per heavy atom. The second-order valence-corrected chi connectivity index (χ2v) is 5.94. The zero-order valence-electron chi connectivity index (χ0n) is 11.1. The number of halogens is 1. The average Bonchev–Trinajstić information content (AvgIpc) is 2.37. The Morgan fingerprint density at radius 3 is 2.63 bits per heavy atom. The first-order valence-electron chi connectivity index (χ1n) is 6.74. The summed E-state index contributed by atoms with van der Waals surface area (Å²) in [6, 6.07) is 7.23. The highest BCUT2D eigenvalue weighted by Gasteiger charge is 2.36. The van der Waals surface area contributed by atoms with E-state index in [9.17, 15) is 4.79 Å². The van der Waals surface area contributed by atoms with Crippen LogP contribution in [0, 0.1) is 11.8 Å². The van der Waals surface area contributed by atoms with Gasteiger partial charge in [0.25, 0.3) is 0 Å². The van der Waals surface area contributed by atoms with E-state index in [4.69, 9.17) is 4.74 Å². The normalized spacial score (nSPS) is 23.3. The summed E-state index contributed by atoms with van der Waals surface area (Å²) in [4.78, 5) is 12.1. The van der Waals surface area contributed by atoms with Crippen molar-refractivity contribution in [3.63, 3.8) is 0 Å². The van der Waals surface area contributed by atoms with E-state index in [0.29, 0.717) is 17.4 Å². The predicted octanol–water partition coefficient (Wildman–Crippen LogP) is 4.60. The molecule has 0 amide bonds. The van der Waals surface area contributed by atoms with Gasteiger partial charge in [0.15, 0.2) is 0 Å². The number of rotatable bonds is 5. The summed E-state index contributed by atoms with van der Waals surface area (Å²) in [5.41, 5.74) is 0.586. The number of benzene rings is 1. The lowest BCUT2D eigenvalue weighted by Crippen LogP contribution is -2.37. The van der Waals surface area contributed by atoms with Crippen LogP contribution in [0.1, 0.15) is 36.5 Å². The zero-order valence-corrected chi connectivity index (χ0v) is 12.7. The van der Waals surface area contributed by atoms with Gasteiger partial charge in [-0.05, 0) is 43.0 Å². The van der Waals surface area contributed by atoms with Gasteiger partial charge in [0.1, 0.15) is 6.10 Å². The summed E-state index contributed by atoms with van der Waals surface area (Å²) < 4.78 is 6.54. The van der Waals surface area contributed by atoms with Gasteiger partial charge in [-0.1, -0.05) is 41.9 Å². The summed E-state index contributed by atoms with van der Waals surface area (Å²) in [5.74, 6) is 0.849. The molecule has 0 saturated heterocycles. The van der Waals surface area contributed by atoms with Crippen LogP contribution in [0.15, 0.2) is 41.4 Å². The fourth-order valence-electron chi connectivity index (χ4n) is 2.62. The Balaban J connectivity index is 2.00. The molecular formula is C16H19BrO2. The summed E-state index contributed by atoms with van der Waals surface area (Å²) in [5, 5.41) is 0. The number of hydrogen-bond acceptors (Lipinski definition) is 2. The predicted molar refractivity (Wildman–Crippen MR) is 80.0 cm³/mol. The lowest BCUT2D eigenvalue weighted by molar-refractivity contribution is -0.00397. The number of ether oxygens (including phenoxy) is 1. The van der Waals surface area contributed by atoms with Gasteiger partial charge in [-0.25, -0.2) is 4.79 Å². The topological polar surface area (TPSA) is 26.3 Å². The monoisotopic (exact) mass is 322 g/mol. The highest BCUT2D eigenvalue weighted by atomic mass is 79.9. The van der Waals surface area contributed by atoms with Gasteiger partial charge >= 0.3 is 5.97 Å². The SMILES string of the molecule is C=C[C@H](OC(=O)c1ccc(Br)cc1)[C@@H]1CC[C@H]1CC. The number of carbonyl (C=O) groups excluding carboxylic acids is 1. The Hall–Kier alpha value is -1.09. The molecule has 1 aromatic carbocycles. The fraction of sp³-hybridized carbons (Fsp3) is 0.438. The van der Waals surface area contributed by atoms with Crippen LogP contribution in [-0.4, -0.2) is 12.1 Å². The molecule has 1 aromatic rings. The van der Waals surface area contributed by atoms with Crippen molar-refractivity contribution in [2.75, 3.05) is 0 Å². The molecule has 2 rings (SSSR count). The molecule has 2 nitrogen and oxygen atoms in total. The average molecular weight is 323 g/mol. The molecular weight excluding hydrogens is 304 g/mol. The molecule has 0 bridgehead atoms. The number of esters is 1. The van der Waals surface area contributed by atoms with E-state index >= 15 is 0 Å². The van der Waals surface area contributed by atoms with Gasteiger partial charge in [0.2, 0.25) is 0 Å². The Bertz CT molecular complexity index is 450. The summed E-state index contributed by atoms with van der Waals surface area (Å²) in [6.45, 7) is 6.00. The van der Waals surface area contributed by atoms with Crippen LogP contribution in [0.2, 0.25) is 0 Å². The first-order chi connectivity index (χ1) is 9.15. The van der Waals surface area contributed by atoms with Crippen LogP contribution >= 0.6 is 15.9 Å². The minimum Gasteiger partial charge on any atom is -0.454 e. The van der Waals surface area contributed by atoms with Gasteiger partial charge in [0, 0.05) is 10.4 Å². The van der Waals surface area contributed by atoms with Crippen molar-refractivity contribution in [3.8, 4) is 0 Å². The zero-order chi connectivity index (χ0) is 13.8. The number of carbonyl (C=O) groups is 1. The van der Waals surface area contributed by atoms with E-state index < -0.39 is 0 Å². The Labute approximate surface area is 123 Å². The maximum Gasteiger partial charge on any atom is 0.338 e. The molecule has 0 spiro atoms. The molecule has 0 N–H and O–H groups in total. The lowest BCUT2D eigenvalue weighted by atomic mass is 9.69.